The van der Waals surface area contributed by atoms with Gasteiger partial charge in [-0.2, -0.15) is 0 Å². The van der Waals surface area contributed by atoms with E-state index in [0.29, 0.717) is 18.9 Å². The van der Waals surface area contributed by atoms with Gasteiger partial charge in [-0.25, -0.2) is 9.37 Å². The normalized spacial score (nSPS) is 17.9. The first kappa shape index (κ1) is 21.8. The predicted octanol–water partition coefficient (Wildman–Crippen LogP) is 2.28. The molecule has 2 N–H and O–H groups in total. The van der Waals surface area contributed by atoms with Crippen LogP contribution in [0.1, 0.15) is 18.0 Å². The number of nitrogens with zero attached hydrogens (tertiary/aromatic N) is 4. The van der Waals surface area contributed by atoms with Gasteiger partial charge in [0.1, 0.15) is 5.75 Å². The van der Waals surface area contributed by atoms with Crippen molar-refractivity contribution in [2.45, 2.75) is 18.5 Å². The largest absolute Gasteiger partial charge is 0.497 e. The van der Waals surface area contributed by atoms with Crippen molar-refractivity contribution in [2.75, 3.05) is 52.8 Å². The first-order valence-electron chi connectivity index (χ1n) is 10.1. The summed E-state index contributed by atoms with van der Waals surface area (Å²) in [6.07, 6.45) is 2.52. The minimum Gasteiger partial charge on any atom is -0.497 e. The van der Waals surface area contributed by atoms with Crippen LogP contribution in [0.15, 0.2) is 47.6 Å². The summed E-state index contributed by atoms with van der Waals surface area (Å²) < 4.78 is 19.3. The van der Waals surface area contributed by atoms with Gasteiger partial charge in [-0.3, -0.25) is 4.99 Å². The third-order valence-corrected chi connectivity index (χ3v) is 5.38. The standard InChI is InChI=1S/C22H31FN6O/c1-24-22(26-14-20(28(2)3)16-7-9-18(30-4)10-8-16)27-17-11-13-29(15-17)21-19(23)6-5-12-25-21/h5-10,12,17,20H,11,13-15H2,1-4H3,(H2,24,26,27). The lowest BCUT2D eigenvalue weighted by atomic mass is 10.1. The van der Waals surface area contributed by atoms with E-state index in [9.17, 15) is 4.39 Å². The Morgan fingerprint density at radius 1 is 1.33 bits per heavy atom. The van der Waals surface area contributed by atoms with Gasteiger partial charge in [-0.15, -0.1) is 0 Å². The Morgan fingerprint density at radius 3 is 2.73 bits per heavy atom. The van der Waals surface area contributed by atoms with E-state index in [1.54, 1.807) is 26.4 Å². The lowest BCUT2D eigenvalue weighted by Crippen LogP contribution is -2.46. The number of hydrogen-bond acceptors (Lipinski definition) is 5. The maximum Gasteiger partial charge on any atom is 0.191 e. The molecule has 0 bridgehead atoms. The van der Waals surface area contributed by atoms with Crippen molar-refractivity contribution in [3.63, 3.8) is 0 Å². The monoisotopic (exact) mass is 414 g/mol. The number of pyridine rings is 1. The van der Waals surface area contributed by atoms with Gasteiger partial charge in [0.25, 0.3) is 0 Å². The van der Waals surface area contributed by atoms with Crippen LogP contribution < -0.4 is 20.3 Å². The van der Waals surface area contributed by atoms with Gasteiger partial charge < -0.3 is 25.2 Å². The molecule has 2 unspecified atom stereocenters. The molecule has 2 aromatic rings. The average Bonchev–Trinajstić information content (AvgIpc) is 3.21. The number of rotatable bonds is 7. The molecule has 2 atom stereocenters. The van der Waals surface area contributed by atoms with Crippen LogP contribution in [-0.2, 0) is 0 Å². The van der Waals surface area contributed by atoms with E-state index in [4.69, 9.17) is 4.74 Å². The molecule has 3 rings (SSSR count). The molecule has 7 nitrogen and oxygen atoms in total. The zero-order valence-electron chi connectivity index (χ0n) is 18.1. The third kappa shape index (κ3) is 5.38. The second-order valence-electron chi connectivity index (χ2n) is 7.59. The quantitative estimate of drug-likeness (QED) is 0.535. The molecule has 8 heteroatoms. The fraction of sp³-hybridized carbons (Fsp3) is 0.455. The van der Waals surface area contributed by atoms with E-state index in [1.807, 2.05) is 17.0 Å². The van der Waals surface area contributed by atoms with Crippen molar-refractivity contribution in [2.24, 2.45) is 4.99 Å². The SMILES string of the molecule is CN=C(NCC(c1ccc(OC)cc1)N(C)C)NC1CCN(c2ncccc2F)C1. The highest BCUT2D eigenvalue weighted by Gasteiger charge is 2.26. The second kappa shape index (κ2) is 10.2. The van der Waals surface area contributed by atoms with Crippen LogP contribution in [0.5, 0.6) is 5.75 Å². The highest BCUT2D eigenvalue weighted by Crippen LogP contribution is 2.22. The number of nitrogens with one attached hydrogen (secondary N) is 2. The van der Waals surface area contributed by atoms with Crippen LogP contribution in [0.2, 0.25) is 0 Å². The fourth-order valence-corrected chi connectivity index (χ4v) is 3.69. The van der Waals surface area contributed by atoms with Crippen molar-refractivity contribution >= 4 is 11.8 Å². The number of halogens is 1. The summed E-state index contributed by atoms with van der Waals surface area (Å²) in [6, 6.07) is 11.5. The molecule has 1 aliphatic heterocycles. The Morgan fingerprint density at radius 2 is 2.10 bits per heavy atom. The predicted molar refractivity (Wildman–Crippen MR) is 119 cm³/mol. The Hall–Kier alpha value is -2.87. The number of anilines is 1. The number of guanidine groups is 1. The lowest BCUT2D eigenvalue weighted by Gasteiger charge is -2.27. The Balaban J connectivity index is 1.56. The molecule has 1 aromatic carbocycles. The Bertz CT molecular complexity index is 842. The minimum atomic E-state index is -0.283. The lowest BCUT2D eigenvalue weighted by molar-refractivity contribution is 0.297. The van der Waals surface area contributed by atoms with Crippen molar-refractivity contribution < 1.29 is 9.13 Å². The highest BCUT2D eigenvalue weighted by molar-refractivity contribution is 5.80. The van der Waals surface area contributed by atoms with Crippen molar-refractivity contribution in [3.8, 4) is 5.75 Å². The van der Waals surface area contributed by atoms with E-state index < -0.39 is 0 Å². The molecule has 0 amide bonds. The summed E-state index contributed by atoms with van der Waals surface area (Å²) >= 11 is 0. The van der Waals surface area contributed by atoms with E-state index >= 15 is 0 Å². The number of hydrogen-bond donors (Lipinski definition) is 2. The molecule has 2 heterocycles. The Kier molecular flexibility index (Phi) is 7.46. The maximum absolute atomic E-state index is 14.0. The first-order valence-corrected chi connectivity index (χ1v) is 10.1. The maximum atomic E-state index is 14.0. The van der Waals surface area contributed by atoms with Gasteiger partial charge in [0.05, 0.1) is 13.2 Å². The van der Waals surface area contributed by atoms with E-state index in [2.05, 4.69) is 51.7 Å². The molecule has 0 aliphatic carbocycles. The van der Waals surface area contributed by atoms with E-state index in [1.165, 1.54) is 11.6 Å². The summed E-state index contributed by atoms with van der Waals surface area (Å²) in [5, 5.41) is 6.89. The molecule has 30 heavy (non-hydrogen) atoms. The highest BCUT2D eigenvalue weighted by atomic mass is 19.1. The van der Waals surface area contributed by atoms with Crippen LogP contribution in [0.25, 0.3) is 0 Å². The van der Waals surface area contributed by atoms with Gasteiger partial charge in [-0.1, -0.05) is 12.1 Å². The number of aromatic nitrogens is 1. The number of ether oxygens (including phenoxy) is 1. The van der Waals surface area contributed by atoms with Gasteiger partial charge in [-0.05, 0) is 50.3 Å². The van der Waals surface area contributed by atoms with Crippen LogP contribution in [0.3, 0.4) is 0 Å². The zero-order valence-corrected chi connectivity index (χ0v) is 18.1. The van der Waals surface area contributed by atoms with Crippen LogP contribution in [-0.4, -0.2) is 69.8 Å². The van der Waals surface area contributed by atoms with E-state index in [0.717, 1.165) is 24.7 Å². The number of methoxy groups -OCH3 is 1. The van der Waals surface area contributed by atoms with Gasteiger partial charge in [0.2, 0.25) is 0 Å². The smallest absolute Gasteiger partial charge is 0.191 e. The molecule has 1 aromatic heterocycles. The molecule has 162 valence electrons. The summed E-state index contributed by atoms with van der Waals surface area (Å²) in [4.78, 5) is 12.7. The zero-order chi connectivity index (χ0) is 21.5. The van der Waals surface area contributed by atoms with Gasteiger partial charge in [0.15, 0.2) is 17.6 Å². The number of benzene rings is 1. The van der Waals surface area contributed by atoms with Crippen molar-refractivity contribution in [3.05, 3.63) is 54.0 Å². The van der Waals surface area contributed by atoms with Crippen molar-refractivity contribution in [1.82, 2.24) is 20.5 Å². The third-order valence-electron chi connectivity index (χ3n) is 5.38. The van der Waals surface area contributed by atoms with Crippen LogP contribution in [0.4, 0.5) is 10.2 Å². The Labute approximate surface area is 178 Å². The summed E-state index contributed by atoms with van der Waals surface area (Å²) in [5.41, 5.74) is 1.20. The molecule has 1 fully saturated rings. The number of likely N-dealkylation sites (N-methyl/N-ethyl adjacent to an activating group) is 1. The average molecular weight is 415 g/mol. The molecule has 1 aliphatic rings. The molecule has 0 spiro atoms. The summed E-state index contributed by atoms with van der Waals surface area (Å²) in [7, 11) is 7.55. The fourth-order valence-electron chi connectivity index (χ4n) is 3.69. The topological polar surface area (TPSA) is 65.0 Å². The molecular weight excluding hydrogens is 383 g/mol. The van der Waals surface area contributed by atoms with Gasteiger partial charge in [0, 0.05) is 38.9 Å². The van der Waals surface area contributed by atoms with Gasteiger partial charge >= 0.3 is 0 Å². The molecule has 0 radical (unpaired) electrons. The van der Waals surface area contributed by atoms with Crippen LogP contribution in [0, 0.1) is 5.82 Å². The summed E-state index contributed by atoms with van der Waals surface area (Å²) in [6.45, 7) is 2.14. The first-order chi connectivity index (χ1) is 14.5. The second-order valence-corrected chi connectivity index (χ2v) is 7.59. The molecular formula is C22H31FN6O. The molecule has 1 saturated heterocycles. The van der Waals surface area contributed by atoms with Crippen molar-refractivity contribution in [1.29, 1.82) is 0 Å². The molecule has 0 saturated carbocycles. The summed E-state index contributed by atoms with van der Waals surface area (Å²) in [5.74, 6) is 1.71. The van der Waals surface area contributed by atoms with Crippen LogP contribution >= 0.6 is 0 Å². The minimum absolute atomic E-state index is 0.177. The number of aliphatic imine (C=N–C) groups is 1. The van der Waals surface area contributed by atoms with E-state index in [-0.39, 0.29) is 17.9 Å².